The first-order valence-corrected chi connectivity index (χ1v) is 5.63. The summed E-state index contributed by atoms with van der Waals surface area (Å²) in [4.78, 5) is 36.7. The Morgan fingerprint density at radius 3 is 2.74 bits per heavy atom. The molecule has 1 atom stereocenters. The molecule has 1 aliphatic heterocycles. The molecule has 1 aliphatic rings. The summed E-state index contributed by atoms with van der Waals surface area (Å²) in [5, 5.41) is 5.01. The van der Waals surface area contributed by atoms with Crippen molar-refractivity contribution in [2.75, 3.05) is 30.9 Å². The third-order valence-electron chi connectivity index (χ3n) is 2.69. The van der Waals surface area contributed by atoms with Crippen LogP contribution >= 0.6 is 0 Å². The van der Waals surface area contributed by atoms with Gasteiger partial charge in [0.15, 0.2) is 0 Å². The number of methoxy groups -OCH3 is 1. The Labute approximate surface area is 109 Å². The monoisotopic (exact) mass is 266 g/mol. The van der Waals surface area contributed by atoms with Gasteiger partial charge in [-0.15, -0.1) is 0 Å². The fourth-order valence-electron chi connectivity index (χ4n) is 1.64. The number of nitrogens with one attached hydrogen (secondary N) is 2. The van der Waals surface area contributed by atoms with Crippen LogP contribution in [0.25, 0.3) is 0 Å². The van der Waals surface area contributed by atoms with Crippen LogP contribution in [0.3, 0.4) is 0 Å². The highest BCUT2D eigenvalue weighted by molar-refractivity contribution is 6.04. The normalized spacial score (nSPS) is 19.1. The molecule has 9 nitrogen and oxygen atoms in total. The van der Waals surface area contributed by atoms with Crippen molar-refractivity contribution in [3.8, 4) is 6.01 Å². The van der Waals surface area contributed by atoms with E-state index in [9.17, 15) is 9.59 Å². The van der Waals surface area contributed by atoms with Crippen LogP contribution in [0.5, 0.6) is 6.01 Å². The van der Waals surface area contributed by atoms with Gasteiger partial charge in [-0.05, 0) is 6.92 Å². The number of imide groups is 1. The summed E-state index contributed by atoms with van der Waals surface area (Å²) in [7, 11) is 3.08. The van der Waals surface area contributed by atoms with Crippen LogP contribution in [0.1, 0.15) is 6.92 Å². The lowest BCUT2D eigenvalue weighted by Gasteiger charge is -2.31. The molecule has 0 radical (unpaired) electrons. The number of ether oxygens (including phenoxy) is 1. The highest BCUT2D eigenvalue weighted by atomic mass is 16.5. The van der Waals surface area contributed by atoms with Crippen LogP contribution in [-0.4, -0.2) is 53.5 Å². The minimum absolute atomic E-state index is 0.00320. The number of rotatable bonds is 3. The Balaban J connectivity index is 2.39. The first-order chi connectivity index (χ1) is 9.05. The minimum atomic E-state index is -0.547. The van der Waals surface area contributed by atoms with Crippen molar-refractivity contribution < 1.29 is 14.3 Å². The summed E-state index contributed by atoms with van der Waals surface area (Å²) in [6.45, 7) is 1.67. The Morgan fingerprint density at radius 1 is 1.37 bits per heavy atom. The molecule has 2 amide bonds. The molecule has 9 heteroatoms. The number of carbonyl (C=O) groups excluding carboxylic acids is 2. The zero-order valence-electron chi connectivity index (χ0n) is 10.8. The quantitative estimate of drug-likeness (QED) is 0.655. The minimum Gasteiger partial charge on any atom is -0.467 e. The largest absolute Gasteiger partial charge is 0.467 e. The van der Waals surface area contributed by atoms with Crippen molar-refractivity contribution >= 4 is 23.7 Å². The molecule has 19 heavy (non-hydrogen) atoms. The second-order valence-electron chi connectivity index (χ2n) is 3.91. The molecule has 1 unspecified atom stereocenters. The predicted molar refractivity (Wildman–Crippen MR) is 65.9 cm³/mol. The van der Waals surface area contributed by atoms with Gasteiger partial charge in [-0.1, -0.05) is 0 Å². The first kappa shape index (κ1) is 13.0. The fraction of sp³-hybridized carbons (Fsp3) is 0.500. The highest BCUT2D eigenvalue weighted by Gasteiger charge is 2.32. The number of hydrogen-bond acceptors (Lipinski definition) is 8. The van der Waals surface area contributed by atoms with Crippen LogP contribution in [0.4, 0.5) is 11.9 Å². The van der Waals surface area contributed by atoms with Gasteiger partial charge in [0, 0.05) is 7.05 Å². The molecule has 0 aromatic carbocycles. The van der Waals surface area contributed by atoms with Crippen LogP contribution < -0.4 is 20.3 Å². The van der Waals surface area contributed by atoms with E-state index in [2.05, 4.69) is 25.6 Å². The van der Waals surface area contributed by atoms with Gasteiger partial charge >= 0.3 is 6.01 Å². The van der Waals surface area contributed by atoms with Gasteiger partial charge in [0.25, 0.3) is 0 Å². The Kier molecular flexibility index (Phi) is 3.45. The molecule has 1 saturated heterocycles. The zero-order valence-corrected chi connectivity index (χ0v) is 10.8. The Hall–Kier alpha value is -2.45. The van der Waals surface area contributed by atoms with E-state index in [0.717, 1.165) is 0 Å². The second-order valence-corrected chi connectivity index (χ2v) is 3.91. The smallest absolute Gasteiger partial charge is 0.322 e. The van der Waals surface area contributed by atoms with Gasteiger partial charge in [-0.25, -0.2) is 0 Å². The molecule has 0 aliphatic carbocycles. The average molecular weight is 266 g/mol. The molecule has 2 heterocycles. The van der Waals surface area contributed by atoms with Crippen molar-refractivity contribution in [2.45, 2.75) is 13.0 Å². The van der Waals surface area contributed by atoms with Gasteiger partial charge in [0.1, 0.15) is 12.6 Å². The van der Waals surface area contributed by atoms with Crippen molar-refractivity contribution in [3.05, 3.63) is 0 Å². The molecule has 1 aromatic rings. The SMILES string of the molecule is CNc1nc(OC)nc(N2CC(=O)NC(=O)C2C)n1. The summed E-state index contributed by atoms with van der Waals surface area (Å²) in [5.41, 5.74) is 0. The maximum absolute atomic E-state index is 11.6. The predicted octanol–water partition coefficient (Wildman–Crippen LogP) is -1.23. The highest BCUT2D eigenvalue weighted by Crippen LogP contribution is 2.18. The number of nitrogens with zero attached hydrogens (tertiary/aromatic N) is 4. The Morgan fingerprint density at radius 2 is 2.11 bits per heavy atom. The molecule has 1 fully saturated rings. The lowest BCUT2D eigenvalue weighted by molar-refractivity contribution is -0.132. The molecule has 102 valence electrons. The van der Waals surface area contributed by atoms with Gasteiger partial charge in [-0.3, -0.25) is 14.9 Å². The zero-order chi connectivity index (χ0) is 14.0. The Bertz CT molecular complexity index is 498. The lowest BCUT2D eigenvalue weighted by atomic mass is 10.2. The van der Waals surface area contributed by atoms with E-state index in [-0.39, 0.29) is 24.4 Å². The van der Waals surface area contributed by atoms with Crippen LogP contribution in [0.2, 0.25) is 0 Å². The first-order valence-electron chi connectivity index (χ1n) is 5.63. The van der Waals surface area contributed by atoms with Gasteiger partial charge < -0.3 is 15.0 Å². The van der Waals surface area contributed by atoms with E-state index in [1.807, 2.05) is 0 Å². The number of anilines is 2. The molecule has 2 N–H and O–H groups in total. The van der Waals surface area contributed by atoms with Crippen LogP contribution in [0, 0.1) is 0 Å². The maximum atomic E-state index is 11.6. The summed E-state index contributed by atoms with van der Waals surface area (Å²) in [6.07, 6.45) is 0. The number of piperazine rings is 1. The third-order valence-corrected chi connectivity index (χ3v) is 2.69. The number of hydrogen-bond donors (Lipinski definition) is 2. The number of amides is 2. The van der Waals surface area contributed by atoms with Gasteiger partial charge in [-0.2, -0.15) is 15.0 Å². The topological polar surface area (TPSA) is 109 Å². The fourth-order valence-corrected chi connectivity index (χ4v) is 1.64. The van der Waals surface area contributed by atoms with E-state index in [1.165, 1.54) is 12.0 Å². The van der Waals surface area contributed by atoms with Crippen molar-refractivity contribution in [1.29, 1.82) is 0 Å². The van der Waals surface area contributed by atoms with E-state index >= 15 is 0 Å². The summed E-state index contributed by atoms with van der Waals surface area (Å²) >= 11 is 0. The summed E-state index contributed by atoms with van der Waals surface area (Å²) in [5.74, 6) is -0.269. The number of aromatic nitrogens is 3. The van der Waals surface area contributed by atoms with E-state index in [1.54, 1.807) is 14.0 Å². The lowest BCUT2D eigenvalue weighted by Crippen LogP contribution is -2.57. The average Bonchev–Trinajstić information content (AvgIpc) is 2.42. The standard InChI is InChI=1S/C10H14N6O3/c1-5-7(18)12-6(17)4-16(5)9-13-8(11-2)14-10(15-9)19-3/h5H,4H2,1-3H3,(H,12,17,18)(H,11,13,14,15). The van der Waals surface area contributed by atoms with Gasteiger partial charge in [0.2, 0.25) is 23.7 Å². The molecule has 1 aromatic heterocycles. The molecule has 0 bridgehead atoms. The van der Waals surface area contributed by atoms with E-state index in [4.69, 9.17) is 4.74 Å². The molecule has 2 rings (SSSR count). The van der Waals surface area contributed by atoms with Crippen molar-refractivity contribution in [3.63, 3.8) is 0 Å². The maximum Gasteiger partial charge on any atom is 0.322 e. The van der Waals surface area contributed by atoms with Crippen LogP contribution in [0.15, 0.2) is 0 Å². The van der Waals surface area contributed by atoms with Gasteiger partial charge in [0.05, 0.1) is 7.11 Å². The molecular formula is C10H14N6O3. The second kappa shape index (κ2) is 5.04. The number of carbonyl (C=O) groups is 2. The molecule has 0 saturated carbocycles. The van der Waals surface area contributed by atoms with Crippen LogP contribution in [-0.2, 0) is 9.59 Å². The summed E-state index contributed by atoms with van der Waals surface area (Å²) < 4.78 is 4.96. The van der Waals surface area contributed by atoms with E-state index < -0.39 is 11.9 Å². The molecule has 0 spiro atoms. The third kappa shape index (κ3) is 2.54. The van der Waals surface area contributed by atoms with Crippen molar-refractivity contribution in [1.82, 2.24) is 20.3 Å². The van der Waals surface area contributed by atoms with Crippen molar-refractivity contribution in [2.24, 2.45) is 0 Å². The summed E-state index contributed by atoms with van der Waals surface area (Å²) in [6, 6.07) is -0.436. The van der Waals surface area contributed by atoms with E-state index in [0.29, 0.717) is 5.95 Å². The molecular weight excluding hydrogens is 252 g/mol.